The predicted molar refractivity (Wildman–Crippen MR) is 123 cm³/mol. The van der Waals surface area contributed by atoms with E-state index in [1.54, 1.807) is 12.1 Å². The summed E-state index contributed by atoms with van der Waals surface area (Å²) in [5.41, 5.74) is 2.42. The van der Waals surface area contributed by atoms with Gasteiger partial charge in [-0.3, -0.25) is 4.79 Å². The number of hydrogen-bond donors (Lipinski definition) is 3. The number of ether oxygens (including phenoxy) is 4. The van der Waals surface area contributed by atoms with Crippen molar-refractivity contribution >= 4 is 17.6 Å². The van der Waals surface area contributed by atoms with Crippen LogP contribution in [-0.4, -0.2) is 71.6 Å². The Kier molecular flexibility index (Phi) is 8.08. The van der Waals surface area contributed by atoms with Crippen molar-refractivity contribution in [2.75, 3.05) is 19.8 Å². The zero-order valence-corrected chi connectivity index (χ0v) is 19.6. The van der Waals surface area contributed by atoms with E-state index in [1.165, 1.54) is 6.92 Å². The molecule has 0 amide bonds. The molecule has 9 heteroatoms. The molecule has 2 aliphatic heterocycles. The van der Waals surface area contributed by atoms with Crippen LogP contribution in [0.1, 0.15) is 36.1 Å². The quantitative estimate of drug-likeness (QED) is 0.504. The molecule has 2 saturated heterocycles. The lowest BCUT2D eigenvalue weighted by Gasteiger charge is -2.40. The molecule has 3 N–H and O–H groups in total. The van der Waals surface area contributed by atoms with Gasteiger partial charge >= 0.3 is 5.97 Å². The molecule has 2 aromatic carbocycles. The van der Waals surface area contributed by atoms with E-state index in [2.05, 4.69) is 0 Å². The van der Waals surface area contributed by atoms with Gasteiger partial charge < -0.3 is 34.3 Å². The van der Waals surface area contributed by atoms with Crippen molar-refractivity contribution in [2.45, 2.75) is 56.4 Å². The van der Waals surface area contributed by atoms with E-state index in [1.807, 2.05) is 30.3 Å². The van der Waals surface area contributed by atoms with Gasteiger partial charge in [-0.05, 0) is 41.3 Å². The molecule has 34 heavy (non-hydrogen) atoms. The van der Waals surface area contributed by atoms with E-state index in [9.17, 15) is 20.1 Å². The summed E-state index contributed by atoms with van der Waals surface area (Å²) < 4.78 is 22.0. The van der Waals surface area contributed by atoms with Gasteiger partial charge in [0.15, 0.2) is 0 Å². The Bertz CT molecular complexity index is 975. The lowest BCUT2D eigenvalue weighted by molar-refractivity contribution is -0.234. The highest BCUT2D eigenvalue weighted by atomic mass is 35.5. The van der Waals surface area contributed by atoms with Crippen LogP contribution in [0.25, 0.3) is 0 Å². The predicted octanol–water partition coefficient (Wildman–Crippen LogP) is 2.18. The van der Waals surface area contributed by atoms with Crippen molar-refractivity contribution in [3.8, 4) is 5.75 Å². The molecular formula is C25H29ClO8. The van der Waals surface area contributed by atoms with Crippen LogP contribution in [0.3, 0.4) is 0 Å². The maximum atomic E-state index is 11.2. The van der Waals surface area contributed by atoms with Crippen LogP contribution < -0.4 is 4.74 Å². The average Bonchev–Trinajstić information content (AvgIpc) is 3.33. The van der Waals surface area contributed by atoms with Crippen LogP contribution in [0, 0.1) is 0 Å². The molecule has 8 nitrogen and oxygen atoms in total. The van der Waals surface area contributed by atoms with Gasteiger partial charge in [0.2, 0.25) is 0 Å². The van der Waals surface area contributed by atoms with Crippen molar-refractivity contribution in [2.24, 2.45) is 0 Å². The molecule has 0 bridgehead atoms. The molecule has 0 aliphatic carbocycles. The highest BCUT2D eigenvalue weighted by Gasteiger charge is 2.44. The summed E-state index contributed by atoms with van der Waals surface area (Å²) in [6.45, 7) is 2.33. The van der Waals surface area contributed by atoms with Crippen molar-refractivity contribution in [1.82, 2.24) is 0 Å². The largest absolute Gasteiger partial charge is 0.488 e. The second kappa shape index (κ2) is 11.0. The second-order valence-corrected chi connectivity index (χ2v) is 9.05. The molecule has 0 saturated carbocycles. The molecular weight excluding hydrogens is 464 g/mol. The van der Waals surface area contributed by atoms with E-state index in [4.69, 9.17) is 30.5 Å². The number of aliphatic hydroxyl groups is 3. The molecule has 2 heterocycles. The van der Waals surface area contributed by atoms with Crippen LogP contribution in [0.4, 0.5) is 0 Å². The number of aliphatic hydroxyl groups excluding tert-OH is 3. The maximum absolute atomic E-state index is 11.2. The average molecular weight is 493 g/mol. The lowest BCUT2D eigenvalue weighted by atomic mass is 9.90. The molecule has 6 atom stereocenters. The number of rotatable bonds is 7. The highest BCUT2D eigenvalue weighted by Crippen LogP contribution is 2.34. The number of esters is 1. The summed E-state index contributed by atoms with van der Waals surface area (Å²) >= 11 is 6.44. The monoisotopic (exact) mass is 492 g/mol. The maximum Gasteiger partial charge on any atom is 0.302 e. The van der Waals surface area contributed by atoms with Crippen molar-refractivity contribution in [1.29, 1.82) is 0 Å². The number of carbonyl (C=O) groups excluding carboxylic acids is 1. The summed E-state index contributed by atoms with van der Waals surface area (Å²) in [5.74, 6) is 0.249. The third kappa shape index (κ3) is 5.89. The Balaban J connectivity index is 1.48. The third-order valence-electron chi connectivity index (χ3n) is 6.07. The zero-order chi connectivity index (χ0) is 24.2. The van der Waals surface area contributed by atoms with E-state index < -0.39 is 36.5 Å². The standard InChI is InChI=1S/C25H29ClO8/c1-14(27)32-13-21-22(28)23(29)24(30)25(34-21)16-4-7-20(26)17(11-16)10-15-2-5-18(6-3-15)33-19-8-9-31-12-19/h2-7,11,19,21-25,28-30H,8-10,12-13H2,1H3/t19-,21-,22-,23+,24-,25?/m1/s1. The second-order valence-electron chi connectivity index (χ2n) is 8.64. The molecule has 4 rings (SSSR count). The summed E-state index contributed by atoms with van der Waals surface area (Å²) in [4.78, 5) is 11.2. The third-order valence-corrected chi connectivity index (χ3v) is 6.44. The Morgan fingerprint density at radius 1 is 1.09 bits per heavy atom. The number of benzene rings is 2. The van der Waals surface area contributed by atoms with E-state index in [-0.39, 0.29) is 12.7 Å². The van der Waals surface area contributed by atoms with Crippen LogP contribution in [-0.2, 0) is 25.4 Å². The van der Waals surface area contributed by atoms with Gasteiger partial charge in [-0.25, -0.2) is 0 Å². The van der Waals surface area contributed by atoms with Crippen molar-refractivity contribution in [3.63, 3.8) is 0 Å². The Morgan fingerprint density at radius 3 is 2.53 bits per heavy atom. The molecule has 0 spiro atoms. The zero-order valence-electron chi connectivity index (χ0n) is 18.8. The van der Waals surface area contributed by atoms with E-state index >= 15 is 0 Å². The van der Waals surface area contributed by atoms with Crippen LogP contribution in [0.2, 0.25) is 5.02 Å². The molecule has 0 radical (unpaired) electrons. The molecule has 2 aliphatic rings. The lowest BCUT2D eigenvalue weighted by Crippen LogP contribution is -2.55. The Labute approximate surface area is 203 Å². The fraction of sp³-hybridized carbons (Fsp3) is 0.480. The van der Waals surface area contributed by atoms with Crippen LogP contribution in [0.5, 0.6) is 5.75 Å². The molecule has 0 aromatic heterocycles. The first-order valence-corrected chi connectivity index (χ1v) is 11.6. The molecule has 184 valence electrons. The summed E-state index contributed by atoms with van der Waals surface area (Å²) in [5, 5.41) is 31.7. The molecule has 2 fully saturated rings. The van der Waals surface area contributed by atoms with E-state index in [0.29, 0.717) is 23.6 Å². The van der Waals surface area contributed by atoms with Gasteiger partial charge in [0.1, 0.15) is 49.0 Å². The Morgan fingerprint density at radius 2 is 1.85 bits per heavy atom. The van der Waals surface area contributed by atoms with E-state index in [0.717, 1.165) is 29.9 Å². The van der Waals surface area contributed by atoms with Crippen molar-refractivity contribution < 1.29 is 39.1 Å². The van der Waals surface area contributed by atoms with Gasteiger partial charge in [0.25, 0.3) is 0 Å². The minimum absolute atomic E-state index is 0.0810. The fourth-order valence-corrected chi connectivity index (χ4v) is 4.36. The Hall–Kier alpha value is -2.20. The van der Waals surface area contributed by atoms with Gasteiger partial charge in [0.05, 0.1) is 13.2 Å². The summed E-state index contributed by atoms with van der Waals surface area (Å²) in [6.07, 6.45) is -4.64. The van der Waals surface area contributed by atoms with Crippen LogP contribution in [0.15, 0.2) is 42.5 Å². The fourth-order valence-electron chi connectivity index (χ4n) is 4.17. The summed E-state index contributed by atoms with van der Waals surface area (Å²) in [7, 11) is 0. The molecule has 1 unspecified atom stereocenters. The first-order valence-electron chi connectivity index (χ1n) is 11.3. The normalized spacial score (nSPS) is 29.1. The summed E-state index contributed by atoms with van der Waals surface area (Å²) in [6, 6.07) is 13.0. The van der Waals surface area contributed by atoms with Gasteiger partial charge in [-0.15, -0.1) is 0 Å². The van der Waals surface area contributed by atoms with Crippen molar-refractivity contribution in [3.05, 3.63) is 64.2 Å². The minimum atomic E-state index is -1.46. The first kappa shape index (κ1) is 24.9. The number of carbonyl (C=O) groups is 1. The SMILES string of the molecule is CC(=O)OC[C@H]1OC(c2ccc(Cl)c(Cc3ccc(O[C@@H]4CCOC4)cc3)c2)[C@H](O)[C@@H](O)[C@@H]1O. The first-order chi connectivity index (χ1) is 16.3. The highest BCUT2D eigenvalue weighted by molar-refractivity contribution is 6.31. The smallest absolute Gasteiger partial charge is 0.302 e. The topological polar surface area (TPSA) is 115 Å². The van der Waals surface area contributed by atoms with Gasteiger partial charge in [-0.2, -0.15) is 0 Å². The van der Waals surface area contributed by atoms with Crippen LogP contribution >= 0.6 is 11.6 Å². The van der Waals surface area contributed by atoms with Gasteiger partial charge in [-0.1, -0.05) is 35.9 Å². The minimum Gasteiger partial charge on any atom is -0.488 e. The molecule has 2 aromatic rings. The number of hydrogen-bond acceptors (Lipinski definition) is 8. The number of halogens is 1. The van der Waals surface area contributed by atoms with Gasteiger partial charge in [0, 0.05) is 18.4 Å².